The molecule has 0 bridgehead atoms. The number of amides is 3. The third kappa shape index (κ3) is 7.84. The highest BCUT2D eigenvalue weighted by molar-refractivity contribution is 6.30. The smallest absolute Gasteiger partial charge is 0.410 e. The predicted molar refractivity (Wildman–Crippen MR) is 182 cm³/mol. The number of carbonyl (C=O) groups is 3. The lowest BCUT2D eigenvalue weighted by Crippen LogP contribution is -2.47. The van der Waals surface area contributed by atoms with E-state index < -0.39 is 5.60 Å². The van der Waals surface area contributed by atoms with Crippen LogP contribution in [0.2, 0.25) is 5.02 Å². The number of rotatable bonds is 7. The lowest BCUT2D eigenvalue weighted by molar-refractivity contribution is -0.117. The van der Waals surface area contributed by atoms with Gasteiger partial charge in [0.15, 0.2) is 0 Å². The Bertz CT molecular complexity index is 1530. The highest BCUT2D eigenvalue weighted by Gasteiger charge is 2.38. The van der Waals surface area contributed by atoms with Crippen molar-refractivity contribution in [3.05, 3.63) is 88.9 Å². The number of anilines is 2. The topological polar surface area (TPSA) is 79.4 Å². The summed E-state index contributed by atoms with van der Waals surface area (Å²) in [5.41, 5.74) is 2.58. The quantitative estimate of drug-likeness (QED) is 0.258. The van der Waals surface area contributed by atoms with Gasteiger partial charge < -0.3 is 24.2 Å². The second-order valence-corrected chi connectivity index (χ2v) is 13.7. The second-order valence-electron chi connectivity index (χ2n) is 13.3. The molecule has 5 rings (SSSR count). The van der Waals surface area contributed by atoms with Gasteiger partial charge in [0.05, 0.1) is 12.6 Å². The molecule has 3 aromatic rings. The number of hydrogen-bond acceptors (Lipinski definition) is 5. The van der Waals surface area contributed by atoms with E-state index in [1.807, 2.05) is 93.3 Å². The largest absolute Gasteiger partial charge is 0.494 e. The van der Waals surface area contributed by atoms with Gasteiger partial charge in [0, 0.05) is 48.0 Å². The van der Waals surface area contributed by atoms with Crippen LogP contribution in [0.15, 0.2) is 72.8 Å². The van der Waals surface area contributed by atoms with Gasteiger partial charge in [-0.05, 0) is 119 Å². The molecule has 2 atom stereocenters. The Morgan fingerprint density at radius 3 is 2.22 bits per heavy atom. The average Bonchev–Trinajstić information content (AvgIpc) is 3.01. The van der Waals surface area contributed by atoms with Gasteiger partial charge in [0.25, 0.3) is 5.91 Å². The predicted octanol–water partition coefficient (Wildman–Crippen LogP) is 8.29. The van der Waals surface area contributed by atoms with Crippen LogP contribution >= 0.6 is 11.6 Å². The molecule has 2 heterocycles. The van der Waals surface area contributed by atoms with Crippen molar-refractivity contribution in [3.8, 4) is 5.75 Å². The first-order valence-electron chi connectivity index (χ1n) is 16.1. The van der Waals surface area contributed by atoms with E-state index in [4.69, 9.17) is 21.1 Å². The van der Waals surface area contributed by atoms with Crippen molar-refractivity contribution in [1.29, 1.82) is 0 Å². The van der Waals surface area contributed by atoms with E-state index in [1.165, 1.54) is 0 Å². The number of carbonyl (C=O) groups excluding carboxylic acids is 3. The van der Waals surface area contributed by atoms with Crippen molar-refractivity contribution >= 4 is 40.9 Å². The summed E-state index contributed by atoms with van der Waals surface area (Å²) in [4.78, 5) is 44.6. The Morgan fingerprint density at radius 1 is 0.935 bits per heavy atom. The van der Waals surface area contributed by atoms with Gasteiger partial charge in [0.1, 0.15) is 11.4 Å². The summed E-state index contributed by atoms with van der Waals surface area (Å²) in [6.07, 6.45) is 3.10. The molecule has 0 spiro atoms. The molecule has 1 fully saturated rings. The summed E-state index contributed by atoms with van der Waals surface area (Å²) >= 11 is 6.12. The molecule has 3 amide bonds. The van der Waals surface area contributed by atoms with Crippen LogP contribution in [-0.2, 0) is 9.53 Å². The average molecular weight is 646 g/mol. The van der Waals surface area contributed by atoms with Gasteiger partial charge in [-0.25, -0.2) is 4.79 Å². The van der Waals surface area contributed by atoms with E-state index in [0.29, 0.717) is 42.6 Å². The molecule has 0 saturated carbocycles. The van der Waals surface area contributed by atoms with E-state index in [-0.39, 0.29) is 30.0 Å². The molecule has 2 aliphatic heterocycles. The Hall–Kier alpha value is -4.04. The molecule has 3 aromatic carbocycles. The Kier molecular flexibility index (Phi) is 10.3. The molecule has 9 heteroatoms. The van der Waals surface area contributed by atoms with Gasteiger partial charge >= 0.3 is 6.09 Å². The number of halogens is 1. The molecule has 0 N–H and O–H groups in total. The fraction of sp³-hybridized carbons (Fsp3) is 0.432. The minimum atomic E-state index is -0.488. The maximum absolute atomic E-state index is 13.9. The SMILES string of the molecule is CC(=O)N(c1ccc(Cl)cc1)C1C[C@H](C)N(C(=O)c2ccc(OCCC3CCN(C(=O)OC(C)(C)C)CC3)cc2)c2ccccc21. The Balaban J connectivity index is 1.20. The molecule has 1 saturated heterocycles. The molecular weight excluding hydrogens is 602 g/mol. The molecule has 244 valence electrons. The lowest BCUT2D eigenvalue weighted by atomic mass is 9.89. The summed E-state index contributed by atoms with van der Waals surface area (Å²) < 4.78 is 11.5. The summed E-state index contributed by atoms with van der Waals surface area (Å²) in [7, 11) is 0. The fourth-order valence-corrected chi connectivity index (χ4v) is 6.55. The highest BCUT2D eigenvalue weighted by atomic mass is 35.5. The van der Waals surface area contributed by atoms with Crippen LogP contribution < -0.4 is 14.5 Å². The van der Waals surface area contributed by atoms with E-state index in [2.05, 4.69) is 0 Å². The van der Waals surface area contributed by atoms with Crippen molar-refractivity contribution in [2.75, 3.05) is 29.5 Å². The van der Waals surface area contributed by atoms with E-state index in [9.17, 15) is 14.4 Å². The first kappa shape index (κ1) is 33.3. The molecular formula is C37H44ClN3O5. The summed E-state index contributed by atoms with van der Waals surface area (Å²) in [5.74, 6) is 1.04. The molecule has 0 aliphatic carbocycles. The Morgan fingerprint density at radius 2 is 1.59 bits per heavy atom. The normalized spacial score (nSPS) is 18.5. The zero-order chi connectivity index (χ0) is 33.0. The number of hydrogen-bond donors (Lipinski definition) is 0. The molecule has 0 aromatic heterocycles. The highest BCUT2D eigenvalue weighted by Crippen LogP contribution is 2.43. The van der Waals surface area contributed by atoms with Crippen molar-refractivity contribution in [2.45, 2.75) is 78.0 Å². The molecule has 46 heavy (non-hydrogen) atoms. The lowest BCUT2D eigenvalue weighted by Gasteiger charge is -2.43. The van der Waals surface area contributed by atoms with Crippen molar-refractivity contribution in [3.63, 3.8) is 0 Å². The minimum Gasteiger partial charge on any atom is -0.494 e. The number of fused-ring (bicyclic) bond motifs is 1. The number of likely N-dealkylation sites (tertiary alicyclic amines) is 1. The minimum absolute atomic E-state index is 0.0732. The van der Waals surface area contributed by atoms with Crippen molar-refractivity contribution in [1.82, 2.24) is 4.90 Å². The molecule has 1 unspecified atom stereocenters. The van der Waals surface area contributed by atoms with Crippen LogP contribution in [0, 0.1) is 5.92 Å². The molecule has 0 radical (unpaired) electrons. The van der Waals surface area contributed by atoms with E-state index in [1.54, 1.807) is 28.9 Å². The monoisotopic (exact) mass is 645 g/mol. The summed E-state index contributed by atoms with van der Waals surface area (Å²) in [6.45, 7) is 11.2. The zero-order valence-corrected chi connectivity index (χ0v) is 28.1. The molecule has 2 aliphatic rings. The van der Waals surface area contributed by atoms with Crippen molar-refractivity contribution in [2.24, 2.45) is 5.92 Å². The van der Waals surface area contributed by atoms with Gasteiger partial charge in [-0.3, -0.25) is 9.59 Å². The van der Waals surface area contributed by atoms with Crippen LogP contribution in [0.4, 0.5) is 16.2 Å². The number of piperidine rings is 1. The van der Waals surface area contributed by atoms with Crippen LogP contribution in [0.5, 0.6) is 5.75 Å². The van der Waals surface area contributed by atoms with E-state index in [0.717, 1.165) is 42.0 Å². The number of benzene rings is 3. The number of para-hydroxylation sites is 1. The van der Waals surface area contributed by atoms with Gasteiger partial charge in [0.2, 0.25) is 5.91 Å². The second kappa shape index (κ2) is 14.2. The number of nitrogens with zero attached hydrogens (tertiary/aromatic N) is 3. The first-order valence-corrected chi connectivity index (χ1v) is 16.5. The first-order chi connectivity index (χ1) is 21.9. The third-order valence-electron chi connectivity index (χ3n) is 8.70. The molecule has 8 nitrogen and oxygen atoms in total. The number of ether oxygens (including phenoxy) is 2. The van der Waals surface area contributed by atoms with Gasteiger partial charge in [-0.1, -0.05) is 29.8 Å². The standard InChI is InChI=1S/C37H44ClN3O5/c1-25-24-34(41(26(2)42)30-14-12-29(38)13-15-30)32-8-6-7-9-33(32)40(25)35(43)28-10-16-31(17-11-28)45-23-20-27-18-21-39(22-19-27)36(44)46-37(3,4)5/h6-17,25,27,34H,18-24H2,1-5H3/t25-,34?/m0/s1. The third-order valence-corrected chi connectivity index (χ3v) is 8.95. The van der Waals surface area contributed by atoms with Gasteiger partial charge in [-0.2, -0.15) is 0 Å². The summed E-state index contributed by atoms with van der Waals surface area (Å²) in [5, 5.41) is 0.607. The summed E-state index contributed by atoms with van der Waals surface area (Å²) in [6, 6.07) is 22.0. The fourth-order valence-electron chi connectivity index (χ4n) is 6.43. The van der Waals surface area contributed by atoms with Crippen molar-refractivity contribution < 1.29 is 23.9 Å². The Labute approximate surface area is 277 Å². The van der Waals surface area contributed by atoms with Gasteiger partial charge in [-0.15, -0.1) is 0 Å². The van der Waals surface area contributed by atoms with E-state index >= 15 is 0 Å². The maximum Gasteiger partial charge on any atom is 0.410 e. The van der Waals surface area contributed by atoms with Crippen LogP contribution in [0.3, 0.4) is 0 Å². The maximum atomic E-state index is 13.9. The van der Waals surface area contributed by atoms with Crippen LogP contribution in [0.25, 0.3) is 0 Å². The zero-order valence-electron chi connectivity index (χ0n) is 27.4. The van der Waals surface area contributed by atoms with Crippen LogP contribution in [-0.4, -0.2) is 54.1 Å². The van der Waals surface area contributed by atoms with Crippen LogP contribution in [0.1, 0.15) is 82.3 Å².